The third-order valence-corrected chi connectivity index (χ3v) is 3.63. The predicted molar refractivity (Wildman–Crippen MR) is 79.3 cm³/mol. The van der Waals surface area contributed by atoms with Crippen molar-refractivity contribution in [2.45, 2.75) is 38.9 Å². The molecule has 2 amide bonds. The maximum absolute atomic E-state index is 11.7. The van der Waals surface area contributed by atoms with Gasteiger partial charge in [-0.3, -0.25) is 10.1 Å². The van der Waals surface area contributed by atoms with Crippen LogP contribution in [0, 0.1) is 0 Å². The smallest absolute Gasteiger partial charge is 0.345 e. The van der Waals surface area contributed by atoms with Crippen molar-refractivity contribution in [3.05, 3.63) is 11.1 Å². The number of esters is 1. The van der Waals surface area contributed by atoms with Crippen LogP contribution in [0.4, 0.5) is 9.93 Å². The molecule has 22 heavy (non-hydrogen) atoms. The van der Waals surface area contributed by atoms with Crippen LogP contribution in [0.5, 0.6) is 0 Å². The predicted octanol–water partition coefficient (Wildman–Crippen LogP) is 1.83. The lowest BCUT2D eigenvalue weighted by Crippen LogP contribution is -2.35. The minimum Gasteiger partial charge on any atom is -0.466 e. The lowest BCUT2D eigenvalue weighted by molar-refractivity contribution is -0.185. The van der Waals surface area contributed by atoms with E-state index in [1.165, 1.54) is 11.3 Å². The summed E-state index contributed by atoms with van der Waals surface area (Å²) in [4.78, 5) is 32.3. The molecule has 0 aliphatic carbocycles. The molecule has 1 atom stereocenters. The van der Waals surface area contributed by atoms with Crippen molar-refractivity contribution >= 4 is 28.5 Å². The lowest BCUT2D eigenvalue weighted by Gasteiger charge is -2.21. The van der Waals surface area contributed by atoms with Gasteiger partial charge in [-0.25, -0.2) is 20.1 Å². The fraction of sp³-hybridized carbons (Fsp3) is 0.615. The van der Waals surface area contributed by atoms with Crippen LogP contribution < -0.4 is 10.8 Å². The average molecular weight is 329 g/mol. The molecule has 122 valence electrons. The van der Waals surface area contributed by atoms with Crippen molar-refractivity contribution in [3.63, 3.8) is 0 Å². The number of thiazole rings is 1. The van der Waals surface area contributed by atoms with Gasteiger partial charge in [0.2, 0.25) is 0 Å². The number of ether oxygens (including phenoxy) is 2. The summed E-state index contributed by atoms with van der Waals surface area (Å²) in [5.74, 6) is -0.346. The molecule has 1 aromatic heterocycles. The SMILES string of the molecule is CCOC(=O)Cc1csc(NC(=O)NOC2CCCCO2)n1. The van der Waals surface area contributed by atoms with Crippen molar-refractivity contribution < 1.29 is 23.9 Å². The average Bonchev–Trinajstić information content (AvgIpc) is 2.93. The molecule has 0 spiro atoms. The molecule has 8 nitrogen and oxygen atoms in total. The summed E-state index contributed by atoms with van der Waals surface area (Å²) in [7, 11) is 0. The van der Waals surface area contributed by atoms with Crippen LogP contribution in [0.1, 0.15) is 31.9 Å². The summed E-state index contributed by atoms with van der Waals surface area (Å²) < 4.78 is 10.2. The number of nitrogens with zero attached hydrogens (tertiary/aromatic N) is 1. The van der Waals surface area contributed by atoms with Gasteiger partial charge in [0.15, 0.2) is 11.4 Å². The molecular formula is C13H19N3O5S. The zero-order chi connectivity index (χ0) is 15.8. The molecule has 1 fully saturated rings. The van der Waals surface area contributed by atoms with Crippen molar-refractivity contribution in [1.29, 1.82) is 0 Å². The summed E-state index contributed by atoms with van der Waals surface area (Å²) >= 11 is 1.22. The molecular weight excluding hydrogens is 310 g/mol. The second-order valence-corrected chi connectivity index (χ2v) is 5.45. The molecule has 2 rings (SSSR count). The summed E-state index contributed by atoms with van der Waals surface area (Å²) in [5.41, 5.74) is 2.82. The van der Waals surface area contributed by atoms with E-state index in [0.29, 0.717) is 24.0 Å². The van der Waals surface area contributed by atoms with Crippen LogP contribution in [-0.2, 0) is 25.5 Å². The highest BCUT2D eigenvalue weighted by atomic mass is 32.1. The normalized spacial score (nSPS) is 17.8. The second kappa shape index (κ2) is 8.66. The number of anilines is 1. The van der Waals surface area contributed by atoms with E-state index < -0.39 is 12.3 Å². The van der Waals surface area contributed by atoms with Crippen LogP contribution >= 0.6 is 11.3 Å². The summed E-state index contributed by atoms with van der Waals surface area (Å²) in [5, 5.41) is 4.60. The molecule has 9 heteroatoms. The summed E-state index contributed by atoms with van der Waals surface area (Å²) in [6.07, 6.45) is 2.45. The molecule has 2 heterocycles. The number of rotatable bonds is 6. The Morgan fingerprint density at radius 3 is 3.09 bits per heavy atom. The van der Waals surface area contributed by atoms with E-state index in [-0.39, 0.29) is 12.4 Å². The molecule has 1 saturated heterocycles. The van der Waals surface area contributed by atoms with Crippen LogP contribution in [-0.4, -0.2) is 36.5 Å². The first kappa shape index (κ1) is 16.7. The van der Waals surface area contributed by atoms with Crippen LogP contribution in [0.3, 0.4) is 0 Å². The van der Waals surface area contributed by atoms with E-state index in [4.69, 9.17) is 14.3 Å². The zero-order valence-corrected chi connectivity index (χ0v) is 13.1. The van der Waals surface area contributed by atoms with Crippen molar-refractivity contribution in [2.24, 2.45) is 0 Å². The number of hydroxylamine groups is 1. The first-order valence-corrected chi connectivity index (χ1v) is 7.99. The van der Waals surface area contributed by atoms with Gasteiger partial charge >= 0.3 is 12.0 Å². The number of nitrogens with one attached hydrogen (secondary N) is 2. The van der Waals surface area contributed by atoms with E-state index in [2.05, 4.69) is 15.8 Å². The Balaban J connectivity index is 1.72. The fourth-order valence-electron chi connectivity index (χ4n) is 1.85. The first-order chi connectivity index (χ1) is 10.7. The van der Waals surface area contributed by atoms with Crippen LogP contribution in [0.15, 0.2) is 5.38 Å². The quantitative estimate of drug-likeness (QED) is 0.610. The summed E-state index contributed by atoms with van der Waals surface area (Å²) in [6.45, 7) is 2.71. The Kier molecular flexibility index (Phi) is 6.56. The minimum atomic E-state index is -0.536. The van der Waals surface area contributed by atoms with Crippen LogP contribution in [0.25, 0.3) is 0 Å². The van der Waals surface area contributed by atoms with Gasteiger partial charge < -0.3 is 9.47 Å². The van der Waals surface area contributed by atoms with Crippen LogP contribution in [0.2, 0.25) is 0 Å². The standard InChI is InChI=1S/C13H19N3O5S/c1-2-19-10(17)7-9-8-22-13(14-9)15-12(18)16-21-11-5-3-4-6-20-11/h8,11H,2-7H2,1H3,(H2,14,15,16,18). The van der Waals surface area contributed by atoms with Gasteiger partial charge in [0.1, 0.15) is 0 Å². The molecule has 0 saturated carbocycles. The zero-order valence-electron chi connectivity index (χ0n) is 12.3. The van der Waals surface area contributed by atoms with E-state index in [9.17, 15) is 9.59 Å². The van der Waals surface area contributed by atoms with E-state index in [1.54, 1.807) is 12.3 Å². The van der Waals surface area contributed by atoms with Gasteiger partial charge in [-0.05, 0) is 19.8 Å². The lowest BCUT2D eigenvalue weighted by atomic mass is 10.2. The Morgan fingerprint density at radius 2 is 2.36 bits per heavy atom. The topological polar surface area (TPSA) is 98.8 Å². The van der Waals surface area contributed by atoms with Gasteiger partial charge in [-0.2, -0.15) is 0 Å². The maximum atomic E-state index is 11.7. The monoisotopic (exact) mass is 329 g/mol. The highest BCUT2D eigenvalue weighted by Crippen LogP contribution is 2.16. The highest BCUT2D eigenvalue weighted by molar-refractivity contribution is 7.13. The third kappa shape index (κ3) is 5.58. The Morgan fingerprint density at radius 1 is 1.50 bits per heavy atom. The Bertz CT molecular complexity index is 502. The molecule has 1 unspecified atom stereocenters. The molecule has 2 N–H and O–H groups in total. The summed E-state index contributed by atoms with van der Waals surface area (Å²) in [6, 6.07) is -0.536. The largest absolute Gasteiger partial charge is 0.466 e. The van der Waals surface area contributed by atoms with Gasteiger partial charge in [0, 0.05) is 18.4 Å². The van der Waals surface area contributed by atoms with E-state index >= 15 is 0 Å². The van der Waals surface area contributed by atoms with Crippen molar-refractivity contribution in [1.82, 2.24) is 10.5 Å². The number of urea groups is 1. The van der Waals surface area contributed by atoms with Gasteiger partial charge in [-0.1, -0.05) is 0 Å². The number of hydrogen-bond donors (Lipinski definition) is 2. The minimum absolute atomic E-state index is 0.0834. The maximum Gasteiger partial charge on any atom is 0.345 e. The molecule has 0 radical (unpaired) electrons. The Hall–Kier alpha value is -1.71. The van der Waals surface area contributed by atoms with Crippen molar-refractivity contribution in [2.75, 3.05) is 18.5 Å². The molecule has 1 aliphatic heterocycles. The fourth-order valence-corrected chi connectivity index (χ4v) is 2.56. The third-order valence-electron chi connectivity index (χ3n) is 2.82. The number of carbonyl (C=O) groups excluding carboxylic acids is 2. The molecule has 0 aromatic carbocycles. The Labute approximate surface area is 132 Å². The number of hydrogen-bond acceptors (Lipinski definition) is 7. The van der Waals surface area contributed by atoms with E-state index in [0.717, 1.165) is 19.3 Å². The number of amides is 2. The molecule has 0 bridgehead atoms. The van der Waals surface area contributed by atoms with Crippen molar-refractivity contribution in [3.8, 4) is 0 Å². The first-order valence-electron chi connectivity index (χ1n) is 7.11. The second-order valence-electron chi connectivity index (χ2n) is 4.60. The van der Waals surface area contributed by atoms with Gasteiger partial charge in [0.05, 0.1) is 18.7 Å². The highest BCUT2D eigenvalue weighted by Gasteiger charge is 2.16. The van der Waals surface area contributed by atoms with Gasteiger partial charge in [-0.15, -0.1) is 11.3 Å². The number of carbonyl (C=O) groups is 2. The number of aromatic nitrogens is 1. The molecule has 1 aromatic rings. The van der Waals surface area contributed by atoms with Gasteiger partial charge in [0.25, 0.3) is 0 Å². The molecule has 1 aliphatic rings. The van der Waals surface area contributed by atoms with E-state index in [1.807, 2.05) is 0 Å².